The first kappa shape index (κ1) is 15.3. The maximum atomic E-state index is 12.8. The van der Waals surface area contributed by atoms with Crippen LogP contribution in [0.15, 0.2) is 12.1 Å². The number of carboxylic acid groups (broad SMARTS) is 1. The number of benzene rings is 1. The molecule has 0 radical (unpaired) electrons. The zero-order valence-electron chi connectivity index (χ0n) is 12.9. The standard InChI is InChI=1S/C17H20ClNO3/c1-10-6-13(14(18)7-11(10)2)15(20)19-8-12-4-3-5-17(12,9-19)16(21)22/h6-7,12H,3-5,8-9H2,1-2H3,(H,21,22)/t12-,17+/m0/s1. The third-order valence-electron chi connectivity index (χ3n) is 5.40. The SMILES string of the molecule is Cc1cc(Cl)c(C(=O)N2C[C@@H]3CCC[C@@]3(C(=O)O)C2)cc1C. The van der Waals surface area contributed by atoms with Gasteiger partial charge in [0.2, 0.25) is 0 Å². The molecular formula is C17H20ClNO3. The highest BCUT2D eigenvalue weighted by molar-refractivity contribution is 6.34. The topological polar surface area (TPSA) is 57.6 Å². The predicted octanol–water partition coefficient (Wildman–Crippen LogP) is 3.28. The first-order chi connectivity index (χ1) is 10.3. The van der Waals surface area contributed by atoms with E-state index < -0.39 is 11.4 Å². The molecule has 1 heterocycles. The van der Waals surface area contributed by atoms with Crippen LogP contribution in [0.4, 0.5) is 0 Å². The summed E-state index contributed by atoms with van der Waals surface area (Å²) in [4.78, 5) is 26.2. The minimum Gasteiger partial charge on any atom is -0.481 e. The Bertz CT molecular complexity index is 658. The second kappa shape index (κ2) is 5.27. The Labute approximate surface area is 135 Å². The quantitative estimate of drug-likeness (QED) is 0.909. The van der Waals surface area contributed by atoms with Crippen molar-refractivity contribution in [2.45, 2.75) is 33.1 Å². The molecule has 1 aliphatic carbocycles. The number of amides is 1. The van der Waals surface area contributed by atoms with Crippen molar-refractivity contribution >= 4 is 23.5 Å². The Morgan fingerprint density at radius 3 is 2.64 bits per heavy atom. The number of carbonyl (C=O) groups is 2. The first-order valence-corrected chi connectivity index (χ1v) is 8.02. The molecule has 1 N–H and O–H groups in total. The van der Waals surface area contributed by atoms with Gasteiger partial charge in [-0.15, -0.1) is 0 Å². The molecule has 5 heteroatoms. The number of rotatable bonds is 2. The highest BCUT2D eigenvalue weighted by atomic mass is 35.5. The summed E-state index contributed by atoms with van der Waals surface area (Å²) in [6, 6.07) is 3.61. The van der Waals surface area contributed by atoms with Crippen LogP contribution in [0.25, 0.3) is 0 Å². The van der Waals surface area contributed by atoms with Crippen molar-refractivity contribution in [2.75, 3.05) is 13.1 Å². The summed E-state index contributed by atoms with van der Waals surface area (Å²) in [7, 11) is 0. The summed E-state index contributed by atoms with van der Waals surface area (Å²) in [6.07, 6.45) is 2.48. The predicted molar refractivity (Wildman–Crippen MR) is 84.2 cm³/mol. The van der Waals surface area contributed by atoms with Crippen molar-refractivity contribution in [3.8, 4) is 0 Å². The van der Waals surface area contributed by atoms with Crippen molar-refractivity contribution < 1.29 is 14.7 Å². The lowest BCUT2D eigenvalue weighted by Crippen LogP contribution is -2.37. The van der Waals surface area contributed by atoms with Gasteiger partial charge in [-0.05, 0) is 55.9 Å². The Hall–Kier alpha value is -1.55. The van der Waals surface area contributed by atoms with Crippen LogP contribution in [0.2, 0.25) is 5.02 Å². The number of halogens is 1. The van der Waals surface area contributed by atoms with E-state index in [4.69, 9.17) is 11.6 Å². The largest absolute Gasteiger partial charge is 0.481 e. The van der Waals surface area contributed by atoms with Crippen molar-refractivity contribution in [1.29, 1.82) is 0 Å². The number of fused-ring (bicyclic) bond motifs is 1. The van der Waals surface area contributed by atoms with Gasteiger partial charge in [0, 0.05) is 13.1 Å². The van der Waals surface area contributed by atoms with E-state index in [0.29, 0.717) is 30.1 Å². The van der Waals surface area contributed by atoms with Gasteiger partial charge in [-0.2, -0.15) is 0 Å². The fourth-order valence-electron chi connectivity index (χ4n) is 3.91. The van der Waals surface area contributed by atoms with Crippen LogP contribution in [0.1, 0.15) is 40.7 Å². The highest BCUT2D eigenvalue weighted by Gasteiger charge is 2.55. The molecule has 2 fully saturated rings. The van der Waals surface area contributed by atoms with Crippen LogP contribution in [0, 0.1) is 25.2 Å². The van der Waals surface area contributed by atoms with Crippen molar-refractivity contribution in [1.82, 2.24) is 4.90 Å². The molecule has 0 unspecified atom stereocenters. The number of hydrogen-bond donors (Lipinski definition) is 1. The van der Waals surface area contributed by atoms with Gasteiger partial charge < -0.3 is 10.0 Å². The molecule has 0 aromatic heterocycles. The van der Waals surface area contributed by atoms with E-state index in [0.717, 1.165) is 24.0 Å². The van der Waals surface area contributed by atoms with Crippen LogP contribution in [-0.4, -0.2) is 35.0 Å². The first-order valence-electron chi connectivity index (χ1n) is 7.64. The minimum absolute atomic E-state index is 0.0688. The van der Waals surface area contributed by atoms with Gasteiger partial charge in [0.25, 0.3) is 5.91 Å². The van der Waals surface area contributed by atoms with Crippen LogP contribution >= 0.6 is 11.6 Å². The number of hydrogen-bond acceptors (Lipinski definition) is 2. The molecule has 0 spiro atoms. The number of likely N-dealkylation sites (tertiary alicyclic amines) is 1. The van der Waals surface area contributed by atoms with Gasteiger partial charge >= 0.3 is 5.97 Å². The second-order valence-electron chi connectivity index (χ2n) is 6.65. The second-order valence-corrected chi connectivity index (χ2v) is 7.06. The van der Waals surface area contributed by atoms with Crippen molar-refractivity contribution in [3.05, 3.63) is 33.8 Å². The third kappa shape index (κ3) is 2.21. The molecule has 1 saturated heterocycles. The molecule has 1 aromatic carbocycles. The normalized spacial score (nSPS) is 27.0. The number of aliphatic carboxylic acids is 1. The van der Waals surface area contributed by atoms with E-state index in [1.165, 1.54) is 0 Å². The monoisotopic (exact) mass is 321 g/mol. The van der Waals surface area contributed by atoms with E-state index in [1.807, 2.05) is 19.9 Å². The van der Waals surface area contributed by atoms with Gasteiger partial charge in [0.1, 0.15) is 0 Å². The highest BCUT2D eigenvalue weighted by Crippen LogP contribution is 2.49. The lowest BCUT2D eigenvalue weighted by atomic mass is 9.81. The average Bonchev–Trinajstić information content (AvgIpc) is 2.99. The van der Waals surface area contributed by atoms with E-state index in [2.05, 4.69) is 0 Å². The number of carboxylic acids is 1. The van der Waals surface area contributed by atoms with Gasteiger partial charge in [-0.3, -0.25) is 9.59 Å². The zero-order chi connectivity index (χ0) is 16.1. The minimum atomic E-state index is -0.767. The van der Waals surface area contributed by atoms with Crippen molar-refractivity contribution in [3.63, 3.8) is 0 Å². The summed E-state index contributed by atoms with van der Waals surface area (Å²) < 4.78 is 0. The van der Waals surface area contributed by atoms with Crippen LogP contribution < -0.4 is 0 Å². The smallest absolute Gasteiger partial charge is 0.311 e. The maximum absolute atomic E-state index is 12.8. The lowest BCUT2D eigenvalue weighted by Gasteiger charge is -2.23. The Balaban J connectivity index is 1.89. The molecule has 0 bridgehead atoms. The maximum Gasteiger partial charge on any atom is 0.311 e. The molecule has 1 aliphatic heterocycles. The summed E-state index contributed by atoms with van der Waals surface area (Å²) in [5, 5.41) is 10.1. The summed E-state index contributed by atoms with van der Waals surface area (Å²) >= 11 is 6.23. The molecule has 2 atom stereocenters. The van der Waals surface area contributed by atoms with Crippen LogP contribution in [0.5, 0.6) is 0 Å². The van der Waals surface area contributed by atoms with Crippen molar-refractivity contribution in [2.24, 2.45) is 11.3 Å². The number of nitrogens with zero attached hydrogens (tertiary/aromatic N) is 1. The number of carbonyl (C=O) groups excluding carboxylic acids is 1. The average molecular weight is 322 g/mol. The molecule has 1 saturated carbocycles. The fourth-order valence-corrected chi connectivity index (χ4v) is 4.21. The van der Waals surface area contributed by atoms with Gasteiger partial charge in [-0.25, -0.2) is 0 Å². The zero-order valence-corrected chi connectivity index (χ0v) is 13.6. The fraction of sp³-hybridized carbons (Fsp3) is 0.529. The van der Waals surface area contributed by atoms with E-state index in [-0.39, 0.29) is 11.8 Å². The van der Waals surface area contributed by atoms with Gasteiger partial charge in [0.15, 0.2) is 0 Å². The summed E-state index contributed by atoms with van der Waals surface area (Å²) in [6.45, 7) is 4.72. The molecule has 118 valence electrons. The number of aryl methyl sites for hydroxylation is 2. The van der Waals surface area contributed by atoms with Gasteiger partial charge in [0.05, 0.1) is 16.0 Å². The third-order valence-corrected chi connectivity index (χ3v) is 5.71. The Morgan fingerprint density at radius 1 is 1.32 bits per heavy atom. The van der Waals surface area contributed by atoms with E-state index in [9.17, 15) is 14.7 Å². The molecule has 1 amide bonds. The molecular weight excluding hydrogens is 302 g/mol. The van der Waals surface area contributed by atoms with E-state index in [1.54, 1.807) is 11.0 Å². The summed E-state index contributed by atoms with van der Waals surface area (Å²) in [5.74, 6) is -0.848. The summed E-state index contributed by atoms with van der Waals surface area (Å²) in [5.41, 5.74) is 1.79. The van der Waals surface area contributed by atoms with Crippen LogP contribution in [-0.2, 0) is 4.79 Å². The molecule has 22 heavy (non-hydrogen) atoms. The Morgan fingerprint density at radius 2 is 2.00 bits per heavy atom. The van der Waals surface area contributed by atoms with Crippen LogP contribution in [0.3, 0.4) is 0 Å². The lowest BCUT2D eigenvalue weighted by molar-refractivity contribution is -0.149. The molecule has 4 nitrogen and oxygen atoms in total. The Kier molecular flexibility index (Phi) is 3.68. The molecule has 1 aromatic rings. The molecule has 3 rings (SSSR count). The van der Waals surface area contributed by atoms with Gasteiger partial charge in [-0.1, -0.05) is 18.0 Å². The van der Waals surface area contributed by atoms with E-state index >= 15 is 0 Å². The molecule has 2 aliphatic rings.